The molecule has 5 rings (SSSR count). The van der Waals surface area contributed by atoms with E-state index in [4.69, 9.17) is 14.6 Å². The lowest BCUT2D eigenvalue weighted by atomic mass is 10.0. The molecule has 13 heteroatoms. The summed E-state index contributed by atoms with van der Waals surface area (Å²) in [7, 11) is 3.57. The molecule has 0 radical (unpaired) electrons. The highest BCUT2D eigenvalue weighted by atomic mass is 19.1. The Labute approximate surface area is 230 Å². The van der Waals surface area contributed by atoms with Crippen molar-refractivity contribution in [2.24, 2.45) is 0 Å². The molecule has 0 saturated carbocycles. The number of rotatable bonds is 8. The van der Waals surface area contributed by atoms with Gasteiger partial charge < -0.3 is 25.2 Å². The zero-order chi connectivity index (χ0) is 28.2. The van der Waals surface area contributed by atoms with Gasteiger partial charge in [0.05, 0.1) is 25.4 Å². The first-order valence-corrected chi connectivity index (χ1v) is 12.8. The molecule has 0 bridgehead atoms. The number of piperazine rings is 1. The van der Waals surface area contributed by atoms with Crippen molar-refractivity contribution in [1.82, 2.24) is 19.9 Å². The van der Waals surface area contributed by atoms with Crippen molar-refractivity contribution in [2.45, 2.75) is 12.5 Å². The van der Waals surface area contributed by atoms with Gasteiger partial charge in [0.1, 0.15) is 29.5 Å². The van der Waals surface area contributed by atoms with Crippen LogP contribution in [0.1, 0.15) is 18.0 Å². The largest absolute Gasteiger partial charge is 0.479 e. The molecule has 2 aliphatic rings. The van der Waals surface area contributed by atoms with Gasteiger partial charge >= 0.3 is 0 Å². The number of amides is 1. The number of nitrogens with zero attached hydrogens (tertiary/aromatic N) is 6. The number of anilines is 5. The normalized spacial score (nSPS) is 17.6. The van der Waals surface area contributed by atoms with Crippen molar-refractivity contribution in [1.29, 1.82) is 0 Å². The Kier molecular flexibility index (Phi) is 8.03. The van der Waals surface area contributed by atoms with Crippen molar-refractivity contribution in [3.05, 3.63) is 66.5 Å². The molecule has 210 valence electrons. The van der Waals surface area contributed by atoms with E-state index < -0.39 is 17.7 Å². The predicted octanol–water partition coefficient (Wildman–Crippen LogP) is 3.66. The van der Waals surface area contributed by atoms with E-state index in [1.54, 1.807) is 12.1 Å². The summed E-state index contributed by atoms with van der Waals surface area (Å²) in [6.45, 7) is 7.08. The monoisotopic (exact) mass is 552 g/mol. The topological polar surface area (TPSA) is 108 Å². The van der Waals surface area contributed by atoms with Gasteiger partial charge in [0.25, 0.3) is 0 Å². The molecule has 1 aromatic carbocycles. The van der Waals surface area contributed by atoms with Crippen molar-refractivity contribution in [3.8, 4) is 5.88 Å². The number of ether oxygens (including phenoxy) is 1. The highest BCUT2D eigenvalue weighted by Crippen LogP contribution is 2.38. The number of hydroxylamine groups is 1. The number of pyridine rings is 1. The standard InChI is InChI=1S/C27H30F2N8O3/c1-4-25(38)33-20-14-21(27(39-3)34-26(20)36-8-6-35(2)7-9-36)32-23-15-24(31-16-30-23)37-22(5-10-40-37)17-11-18(28)13-19(29)12-17/h4,11-16,22H,1,5-10H2,2-3H3,(H,33,38)(H,30,31,32). The molecule has 40 heavy (non-hydrogen) atoms. The quantitative estimate of drug-likeness (QED) is 0.402. The SMILES string of the molecule is C=CC(=O)Nc1cc(Nc2cc(N3OCCC3c3cc(F)cc(F)c3)ncn2)c(OC)nc1N1CCN(C)CC1. The number of aromatic nitrogens is 3. The fourth-order valence-corrected chi connectivity index (χ4v) is 4.71. The summed E-state index contributed by atoms with van der Waals surface area (Å²) in [4.78, 5) is 35.7. The number of carbonyl (C=O) groups excluding carboxylic acids is 1. The summed E-state index contributed by atoms with van der Waals surface area (Å²) >= 11 is 0. The molecule has 11 nitrogen and oxygen atoms in total. The number of hydrogen-bond acceptors (Lipinski definition) is 10. The van der Waals surface area contributed by atoms with E-state index in [9.17, 15) is 13.6 Å². The molecule has 0 aliphatic carbocycles. The summed E-state index contributed by atoms with van der Waals surface area (Å²) in [5.41, 5.74) is 1.38. The first-order chi connectivity index (χ1) is 19.3. The van der Waals surface area contributed by atoms with Crippen LogP contribution in [0.25, 0.3) is 0 Å². The summed E-state index contributed by atoms with van der Waals surface area (Å²) in [6, 6.07) is 6.34. The van der Waals surface area contributed by atoms with E-state index in [2.05, 4.69) is 44.0 Å². The minimum Gasteiger partial charge on any atom is -0.479 e. The van der Waals surface area contributed by atoms with Gasteiger partial charge in [-0.05, 0) is 36.9 Å². The van der Waals surface area contributed by atoms with Crippen LogP contribution in [0.3, 0.4) is 0 Å². The van der Waals surface area contributed by atoms with E-state index in [1.165, 1.54) is 36.7 Å². The van der Waals surface area contributed by atoms with Gasteiger partial charge in [0.15, 0.2) is 11.6 Å². The minimum atomic E-state index is -0.661. The molecule has 1 amide bonds. The maximum atomic E-state index is 13.9. The van der Waals surface area contributed by atoms with Crippen LogP contribution in [0.4, 0.5) is 37.6 Å². The average molecular weight is 553 g/mol. The molecule has 0 spiro atoms. The van der Waals surface area contributed by atoms with Crippen LogP contribution in [0.5, 0.6) is 5.88 Å². The molecule has 1 unspecified atom stereocenters. The van der Waals surface area contributed by atoms with Crippen LogP contribution in [-0.2, 0) is 9.63 Å². The second kappa shape index (κ2) is 11.8. The summed E-state index contributed by atoms with van der Waals surface area (Å²) < 4.78 is 33.4. The highest BCUT2D eigenvalue weighted by molar-refractivity contribution is 6.01. The second-order valence-electron chi connectivity index (χ2n) is 9.45. The van der Waals surface area contributed by atoms with Gasteiger partial charge in [0, 0.05) is 44.7 Å². The lowest BCUT2D eigenvalue weighted by Gasteiger charge is -2.34. The van der Waals surface area contributed by atoms with Crippen LogP contribution in [-0.4, -0.2) is 72.7 Å². The molecule has 2 fully saturated rings. The summed E-state index contributed by atoms with van der Waals surface area (Å²) in [6.07, 6.45) is 3.06. The molecule has 3 aromatic rings. The third-order valence-electron chi connectivity index (χ3n) is 6.72. The number of carbonyl (C=O) groups is 1. The third kappa shape index (κ3) is 5.95. The van der Waals surface area contributed by atoms with E-state index >= 15 is 0 Å². The first-order valence-electron chi connectivity index (χ1n) is 12.8. The molecule has 4 heterocycles. The number of methoxy groups -OCH3 is 1. The van der Waals surface area contributed by atoms with Crippen LogP contribution in [0.15, 0.2) is 49.3 Å². The molecule has 2 N–H and O–H groups in total. The lowest BCUT2D eigenvalue weighted by Crippen LogP contribution is -2.45. The minimum absolute atomic E-state index is 0.302. The number of likely N-dealkylation sites (N-methyl/N-ethyl adjacent to an activating group) is 1. The Hall–Kier alpha value is -4.36. The second-order valence-corrected chi connectivity index (χ2v) is 9.45. The smallest absolute Gasteiger partial charge is 0.247 e. The average Bonchev–Trinajstić information content (AvgIpc) is 3.44. The number of benzene rings is 1. The Morgan fingerprint density at radius 3 is 2.55 bits per heavy atom. The van der Waals surface area contributed by atoms with E-state index in [-0.39, 0.29) is 5.91 Å². The van der Waals surface area contributed by atoms with E-state index in [0.29, 0.717) is 53.3 Å². The Bertz CT molecular complexity index is 1380. The van der Waals surface area contributed by atoms with Crippen LogP contribution in [0, 0.1) is 11.6 Å². The van der Waals surface area contributed by atoms with Gasteiger partial charge in [-0.3, -0.25) is 9.63 Å². The van der Waals surface area contributed by atoms with Crippen molar-refractivity contribution in [3.63, 3.8) is 0 Å². The van der Waals surface area contributed by atoms with Gasteiger partial charge in [-0.15, -0.1) is 0 Å². The predicted molar refractivity (Wildman–Crippen MR) is 147 cm³/mol. The van der Waals surface area contributed by atoms with Crippen LogP contribution < -0.4 is 25.3 Å². The fraction of sp³-hybridized carbons (Fsp3) is 0.333. The van der Waals surface area contributed by atoms with Crippen LogP contribution in [0.2, 0.25) is 0 Å². The van der Waals surface area contributed by atoms with Crippen LogP contribution >= 0.6 is 0 Å². The van der Waals surface area contributed by atoms with Gasteiger partial charge in [-0.2, -0.15) is 4.98 Å². The zero-order valence-electron chi connectivity index (χ0n) is 22.2. The molecule has 1 atom stereocenters. The first kappa shape index (κ1) is 27.2. The maximum absolute atomic E-state index is 13.9. The van der Waals surface area contributed by atoms with Gasteiger partial charge in [-0.1, -0.05) is 6.58 Å². The molecular weight excluding hydrogens is 522 g/mol. The van der Waals surface area contributed by atoms with E-state index in [1.807, 2.05) is 0 Å². The summed E-state index contributed by atoms with van der Waals surface area (Å²) in [5, 5.41) is 7.54. The maximum Gasteiger partial charge on any atom is 0.247 e. The number of halogens is 2. The van der Waals surface area contributed by atoms with Gasteiger partial charge in [-0.25, -0.2) is 23.8 Å². The Morgan fingerprint density at radius 2 is 1.85 bits per heavy atom. The summed E-state index contributed by atoms with van der Waals surface area (Å²) in [5.74, 6) is -0.0229. The highest BCUT2D eigenvalue weighted by Gasteiger charge is 2.30. The lowest BCUT2D eigenvalue weighted by molar-refractivity contribution is -0.111. The molecule has 2 aliphatic heterocycles. The van der Waals surface area contributed by atoms with Crippen molar-refractivity contribution < 1.29 is 23.1 Å². The molecule has 2 saturated heterocycles. The van der Waals surface area contributed by atoms with Crippen molar-refractivity contribution >= 4 is 34.7 Å². The third-order valence-corrected chi connectivity index (χ3v) is 6.72. The Balaban J connectivity index is 1.44. The zero-order valence-corrected chi connectivity index (χ0v) is 22.2. The van der Waals surface area contributed by atoms with Crippen molar-refractivity contribution in [2.75, 3.05) is 67.5 Å². The molecule has 2 aromatic heterocycles. The molecular formula is C27H30F2N8O3. The fourth-order valence-electron chi connectivity index (χ4n) is 4.71. The Morgan fingerprint density at radius 1 is 1.10 bits per heavy atom. The number of hydrogen-bond donors (Lipinski definition) is 2. The number of nitrogens with one attached hydrogen (secondary N) is 2. The van der Waals surface area contributed by atoms with E-state index in [0.717, 1.165) is 32.2 Å². The van der Waals surface area contributed by atoms with Gasteiger partial charge in [0.2, 0.25) is 11.8 Å².